The van der Waals surface area contributed by atoms with Gasteiger partial charge in [0.15, 0.2) is 5.16 Å². The third kappa shape index (κ3) is 4.83. The lowest BCUT2D eigenvalue weighted by Crippen LogP contribution is -2.21. The Morgan fingerprint density at radius 3 is 2.33 bits per heavy atom. The molecular formula is C17H23N3S. The van der Waals surface area contributed by atoms with Gasteiger partial charge in [0, 0.05) is 23.3 Å². The minimum atomic E-state index is 0.444. The van der Waals surface area contributed by atoms with E-state index in [1.807, 2.05) is 19.3 Å². The maximum atomic E-state index is 4.33. The Bertz CT molecular complexity index is 537. The molecule has 1 N–H and O–H groups in total. The van der Waals surface area contributed by atoms with Crippen LogP contribution in [0.1, 0.15) is 43.9 Å². The predicted molar refractivity (Wildman–Crippen MR) is 88.7 cm³/mol. The Hall–Kier alpha value is -1.39. The van der Waals surface area contributed by atoms with Crippen LogP contribution >= 0.6 is 11.8 Å². The Morgan fingerprint density at radius 1 is 1.10 bits per heavy atom. The van der Waals surface area contributed by atoms with Crippen LogP contribution in [0.25, 0.3) is 0 Å². The molecule has 4 heteroatoms. The first-order valence-electron chi connectivity index (χ1n) is 7.52. The van der Waals surface area contributed by atoms with Gasteiger partial charge in [-0.1, -0.05) is 26.0 Å². The molecule has 2 aromatic rings. The lowest BCUT2D eigenvalue weighted by molar-refractivity contribution is 0.518. The molecule has 1 heterocycles. The molecule has 0 aliphatic rings. The van der Waals surface area contributed by atoms with Gasteiger partial charge in [-0.2, -0.15) is 0 Å². The minimum Gasteiger partial charge on any atom is -0.310 e. The number of rotatable bonds is 7. The molecule has 0 fully saturated rings. The van der Waals surface area contributed by atoms with Crippen LogP contribution in [0.4, 0.5) is 0 Å². The molecule has 0 saturated heterocycles. The predicted octanol–water partition coefficient (Wildman–Crippen LogP) is 4.39. The summed E-state index contributed by atoms with van der Waals surface area (Å²) in [6.07, 6.45) is 5.97. The van der Waals surface area contributed by atoms with Crippen molar-refractivity contribution in [2.75, 3.05) is 6.54 Å². The number of nitrogens with zero attached hydrogens (tertiary/aromatic N) is 2. The second-order valence-corrected chi connectivity index (χ2v) is 6.17. The molecule has 0 bridgehead atoms. The SMILES string of the molecule is CCCNC(CC)c1ccc(Sc2ncc(C)cn2)cc1. The molecule has 1 aromatic heterocycles. The standard InChI is InChI=1S/C17H23N3S/c1-4-10-18-16(5-2)14-6-8-15(9-7-14)21-17-19-11-13(3)12-20-17/h6-9,11-12,16,18H,4-5,10H2,1-3H3. The van der Waals surface area contributed by atoms with E-state index in [4.69, 9.17) is 0 Å². The quantitative estimate of drug-likeness (QED) is 0.770. The third-order valence-corrected chi connectivity index (χ3v) is 4.20. The fraction of sp³-hybridized carbons (Fsp3) is 0.412. The highest BCUT2D eigenvalue weighted by Gasteiger charge is 2.08. The third-order valence-electron chi connectivity index (χ3n) is 3.30. The van der Waals surface area contributed by atoms with Gasteiger partial charge < -0.3 is 5.32 Å². The van der Waals surface area contributed by atoms with Crippen molar-refractivity contribution in [3.63, 3.8) is 0 Å². The van der Waals surface area contributed by atoms with Gasteiger partial charge in [0.1, 0.15) is 0 Å². The maximum absolute atomic E-state index is 4.33. The van der Waals surface area contributed by atoms with Crippen LogP contribution in [0.3, 0.4) is 0 Å². The first-order valence-corrected chi connectivity index (χ1v) is 8.34. The molecule has 0 amide bonds. The molecule has 0 saturated carbocycles. The molecule has 21 heavy (non-hydrogen) atoms. The van der Waals surface area contributed by atoms with Crippen molar-refractivity contribution in [3.8, 4) is 0 Å². The largest absolute Gasteiger partial charge is 0.310 e. The number of benzene rings is 1. The number of nitrogens with one attached hydrogen (secondary N) is 1. The zero-order chi connectivity index (χ0) is 15.1. The fourth-order valence-corrected chi connectivity index (χ4v) is 2.82. The highest BCUT2D eigenvalue weighted by atomic mass is 32.2. The van der Waals surface area contributed by atoms with Crippen LogP contribution in [-0.4, -0.2) is 16.5 Å². The first kappa shape index (κ1) is 16.0. The van der Waals surface area contributed by atoms with E-state index in [1.165, 1.54) is 10.5 Å². The topological polar surface area (TPSA) is 37.8 Å². The summed E-state index contributed by atoms with van der Waals surface area (Å²) in [5.41, 5.74) is 2.43. The van der Waals surface area contributed by atoms with Gasteiger partial charge >= 0.3 is 0 Å². The maximum Gasteiger partial charge on any atom is 0.192 e. The smallest absolute Gasteiger partial charge is 0.192 e. The van der Waals surface area contributed by atoms with E-state index < -0.39 is 0 Å². The Morgan fingerprint density at radius 2 is 1.76 bits per heavy atom. The molecule has 2 rings (SSSR count). The molecule has 0 aliphatic carbocycles. The van der Waals surface area contributed by atoms with Gasteiger partial charge in [-0.3, -0.25) is 0 Å². The second kappa shape index (κ2) is 8.15. The molecule has 1 aromatic carbocycles. The molecule has 3 nitrogen and oxygen atoms in total. The zero-order valence-electron chi connectivity index (χ0n) is 13.0. The zero-order valence-corrected chi connectivity index (χ0v) is 13.8. The Labute approximate surface area is 131 Å². The Kier molecular flexibility index (Phi) is 6.21. The highest BCUT2D eigenvalue weighted by Crippen LogP contribution is 2.26. The van der Waals surface area contributed by atoms with Gasteiger partial charge in [-0.25, -0.2) is 9.97 Å². The summed E-state index contributed by atoms with van der Waals surface area (Å²) in [5.74, 6) is 0. The molecule has 0 aliphatic heterocycles. The van der Waals surface area contributed by atoms with Crippen molar-refractivity contribution in [2.45, 2.75) is 49.7 Å². The highest BCUT2D eigenvalue weighted by molar-refractivity contribution is 7.99. The summed E-state index contributed by atoms with van der Waals surface area (Å²) < 4.78 is 0. The van der Waals surface area contributed by atoms with Gasteiger partial charge in [-0.15, -0.1) is 0 Å². The van der Waals surface area contributed by atoms with Crippen molar-refractivity contribution >= 4 is 11.8 Å². The molecule has 0 radical (unpaired) electrons. The van der Waals surface area contributed by atoms with E-state index in [0.717, 1.165) is 30.1 Å². The van der Waals surface area contributed by atoms with Crippen molar-refractivity contribution in [2.24, 2.45) is 0 Å². The van der Waals surface area contributed by atoms with E-state index >= 15 is 0 Å². The number of hydrogen-bond acceptors (Lipinski definition) is 4. The molecule has 112 valence electrons. The number of aryl methyl sites for hydroxylation is 1. The monoisotopic (exact) mass is 301 g/mol. The van der Waals surface area contributed by atoms with Crippen LogP contribution < -0.4 is 5.32 Å². The van der Waals surface area contributed by atoms with Crippen LogP contribution in [0.15, 0.2) is 46.7 Å². The van der Waals surface area contributed by atoms with E-state index in [0.29, 0.717) is 6.04 Å². The van der Waals surface area contributed by atoms with E-state index in [2.05, 4.69) is 53.4 Å². The summed E-state index contributed by atoms with van der Waals surface area (Å²) in [4.78, 5) is 9.83. The first-order chi connectivity index (χ1) is 10.2. The number of hydrogen-bond donors (Lipinski definition) is 1. The second-order valence-electron chi connectivity index (χ2n) is 5.13. The molecular weight excluding hydrogens is 278 g/mol. The van der Waals surface area contributed by atoms with Gasteiger partial charge in [-0.05, 0) is 61.3 Å². The van der Waals surface area contributed by atoms with Crippen LogP contribution in [0.5, 0.6) is 0 Å². The van der Waals surface area contributed by atoms with E-state index in [-0.39, 0.29) is 0 Å². The van der Waals surface area contributed by atoms with Crippen molar-refractivity contribution in [1.82, 2.24) is 15.3 Å². The van der Waals surface area contributed by atoms with E-state index in [1.54, 1.807) is 11.8 Å². The van der Waals surface area contributed by atoms with Crippen molar-refractivity contribution < 1.29 is 0 Å². The average molecular weight is 301 g/mol. The van der Waals surface area contributed by atoms with E-state index in [9.17, 15) is 0 Å². The van der Waals surface area contributed by atoms with Gasteiger partial charge in [0.2, 0.25) is 0 Å². The van der Waals surface area contributed by atoms with Gasteiger partial charge in [0.05, 0.1) is 0 Å². The fourth-order valence-electron chi connectivity index (χ4n) is 2.12. The molecule has 1 unspecified atom stereocenters. The lowest BCUT2D eigenvalue weighted by atomic mass is 10.0. The van der Waals surface area contributed by atoms with Crippen LogP contribution in [0.2, 0.25) is 0 Å². The van der Waals surface area contributed by atoms with Crippen molar-refractivity contribution in [1.29, 1.82) is 0 Å². The minimum absolute atomic E-state index is 0.444. The summed E-state index contributed by atoms with van der Waals surface area (Å²) in [6.45, 7) is 7.47. The summed E-state index contributed by atoms with van der Waals surface area (Å²) in [5, 5.41) is 4.38. The summed E-state index contributed by atoms with van der Waals surface area (Å²) >= 11 is 1.60. The van der Waals surface area contributed by atoms with Gasteiger partial charge in [0.25, 0.3) is 0 Å². The van der Waals surface area contributed by atoms with Crippen LogP contribution in [-0.2, 0) is 0 Å². The summed E-state index contributed by atoms with van der Waals surface area (Å²) in [6, 6.07) is 9.15. The average Bonchev–Trinajstić information content (AvgIpc) is 2.52. The molecule has 1 atom stereocenters. The lowest BCUT2D eigenvalue weighted by Gasteiger charge is -2.17. The summed E-state index contributed by atoms with van der Waals surface area (Å²) in [7, 11) is 0. The normalized spacial score (nSPS) is 12.3. The number of aromatic nitrogens is 2. The van der Waals surface area contributed by atoms with Crippen LogP contribution in [0, 0.1) is 6.92 Å². The Balaban J connectivity index is 2.02. The van der Waals surface area contributed by atoms with Crippen molar-refractivity contribution in [3.05, 3.63) is 47.8 Å². The molecule has 0 spiro atoms.